The Hall–Kier alpha value is -3.91. The molecule has 0 spiro atoms. The minimum Gasteiger partial charge on any atom is -0.496 e. The van der Waals surface area contributed by atoms with E-state index in [1.807, 2.05) is 18.2 Å². The van der Waals surface area contributed by atoms with Crippen LogP contribution in [-0.2, 0) is 16.0 Å². The largest absolute Gasteiger partial charge is 0.496 e. The number of aliphatic carboxylic acids is 2. The molecule has 2 aromatic carbocycles. The molecule has 3 aromatic rings. The summed E-state index contributed by atoms with van der Waals surface area (Å²) in [6.45, 7) is 7.62. The van der Waals surface area contributed by atoms with Crippen molar-refractivity contribution in [2.24, 2.45) is 0 Å². The SMILES string of the molecule is CCN1CCN(c2nc(CC=Cc3ccccc3OC)cc3ccccc23)CC1.O=C(O)C(=O)O. The Morgan fingerprint density at radius 1 is 1.00 bits per heavy atom. The number of fused-ring (bicyclic) bond motifs is 1. The van der Waals surface area contributed by atoms with Gasteiger partial charge >= 0.3 is 11.9 Å². The van der Waals surface area contributed by atoms with E-state index in [1.165, 1.54) is 10.8 Å². The average Bonchev–Trinajstić information content (AvgIpc) is 2.89. The Morgan fingerprint density at radius 2 is 1.66 bits per heavy atom. The quantitative estimate of drug-likeness (QED) is 0.517. The summed E-state index contributed by atoms with van der Waals surface area (Å²) >= 11 is 0. The summed E-state index contributed by atoms with van der Waals surface area (Å²) < 4.78 is 5.44. The number of piperazine rings is 1. The highest BCUT2D eigenvalue weighted by Crippen LogP contribution is 2.27. The summed E-state index contributed by atoms with van der Waals surface area (Å²) in [6.07, 6.45) is 5.09. The van der Waals surface area contributed by atoms with Gasteiger partial charge < -0.3 is 24.7 Å². The van der Waals surface area contributed by atoms with Crippen LogP contribution in [0, 0.1) is 0 Å². The number of allylic oxidation sites excluding steroid dienone is 1. The Morgan fingerprint density at radius 3 is 2.31 bits per heavy atom. The second kappa shape index (κ2) is 12.5. The molecule has 0 bridgehead atoms. The molecule has 2 N–H and O–H groups in total. The molecule has 0 unspecified atom stereocenters. The molecule has 0 aliphatic carbocycles. The van der Waals surface area contributed by atoms with Crippen molar-refractivity contribution < 1.29 is 24.5 Å². The third-order valence-electron chi connectivity index (χ3n) is 5.84. The highest BCUT2D eigenvalue weighted by molar-refractivity contribution is 6.27. The molecule has 0 atom stereocenters. The van der Waals surface area contributed by atoms with Crippen LogP contribution in [0.15, 0.2) is 60.7 Å². The Bertz CT molecular complexity index is 1170. The van der Waals surface area contributed by atoms with E-state index in [1.54, 1.807) is 7.11 Å². The van der Waals surface area contributed by atoms with Gasteiger partial charge in [-0.15, -0.1) is 0 Å². The van der Waals surface area contributed by atoms with Gasteiger partial charge in [-0.25, -0.2) is 14.6 Å². The zero-order valence-corrected chi connectivity index (χ0v) is 20.1. The first-order chi connectivity index (χ1) is 16.9. The van der Waals surface area contributed by atoms with E-state index in [-0.39, 0.29) is 0 Å². The first kappa shape index (κ1) is 25.7. The number of likely N-dealkylation sites (N-methyl/N-ethyl adjacent to an activating group) is 1. The molecule has 0 saturated carbocycles. The maximum absolute atomic E-state index is 9.10. The van der Waals surface area contributed by atoms with Crippen LogP contribution in [0.25, 0.3) is 16.8 Å². The lowest BCUT2D eigenvalue weighted by atomic mass is 10.1. The van der Waals surface area contributed by atoms with Crippen LogP contribution in [0.4, 0.5) is 5.82 Å². The van der Waals surface area contributed by atoms with Crippen LogP contribution in [0.5, 0.6) is 5.75 Å². The van der Waals surface area contributed by atoms with Crippen LogP contribution in [0.3, 0.4) is 0 Å². The molecule has 0 radical (unpaired) electrons. The minimum atomic E-state index is -1.82. The van der Waals surface area contributed by atoms with E-state index >= 15 is 0 Å². The lowest BCUT2D eigenvalue weighted by molar-refractivity contribution is -0.159. The highest BCUT2D eigenvalue weighted by Gasteiger charge is 2.19. The summed E-state index contributed by atoms with van der Waals surface area (Å²) in [7, 11) is 1.71. The predicted molar refractivity (Wildman–Crippen MR) is 137 cm³/mol. The van der Waals surface area contributed by atoms with E-state index in [0.29, 0.717) is 0 Å². The topological polar surface area (TPSA) is 103 Å². The maximum atomic E-state index is 9.10. The molecule has 1 aliphatic heterocycles. The van der Waals surface area contributed by atoms with E-state index in [4.69, 9.17) is 29.5 Å². The zero-order chi connectivity index (χ0) is 25.2. The van der Waals surface area contributed by atoms with Gasteiger partial charge in [0.05, 0.1) is 7.11 Å². The van der Waals surface area contributed by atoms with Crippen LogP contribution < -0.4 is 9.64 Å². The molecule has 184 valence electrons. The van der Waals surface area contributed by atoms with Crippen molar-refractivity contribution >= 4 is 34.6 Å². The van der Waals surface area contributed by atoms with Crippen molar-refractivity contribution in [2.75, 3.05) is 44.7 Å². The molecule has 8 nitrogen and oxygen atoms in total. The van der Waals surface area contributed by atoms with Gasteiger partial charge in [0.15, 0.2) is 0 Å². The van der Waals surface area contributed by atoms with Gasteiger partial charge in [0.2, 0.25) is 0 Å². The van der Waals surface area contributed by atoms with Crippen molar-refractivity contribution in [3.8, 4) is 5.75 Å². The normalized spacial score (nSPS) is 13.9. The standard InChI is InChI=1S/C25H29N3O.C2H2O4/c1-3-27-15-17-28(18-16-27)25-23-13-6-4-10-21(23)19-22(26-25)12-8-11-20-9-5-7-14-24(20)29-2;3-1(4)2(5)6/h4-11,13-14,19H,3,12,15-18H2,1-2H3;(H,3,4)(H,5,6). The Balaban J connectivity index is 0.000000509. The van der Waals surface area contributed by atoms with Crippen molar-refractivity contribution in [2.45, 2.75) is 13.3 Å². The number of para-hydroxylation sites is 1. The molecular formula is C27H31N3O5. The van der Waals surface area contributed by atoms with Crippen molar-refractivity contribution in [1.29, 1.82) is 0 Å². The van der Waals surface area contributed by atoms with Gasteiger partial charge in [0.25, 0.3) is 0 Å². The molecule has 1 fully saturated rings. The number of benzene rings is 2. The fourth-order valence-corrected chi connectivity index (χ4v) is 3.97. The number of methoxy groups -OCH3 is 1. The van der Waals surface area contributed by atoms with Crippen LogP contribution in [-0.4, -0.2) is 71.9 Å². The fourth-order valence-electron chi connectivity index (χ4n) is 3.97. The third kappa shape index (κ3) is 7.04. The summed E-state index contributed by atoms with van der Waals surface area (Å²) in [5.74, 6) is -1.63. The van der Waals surface area contributed by atoms with Gasteiger partial charge in [-0.3, -0.25) is 0 Å². The molecule has 35 heavy (non-hydrogen) atoms. The Kier molecular flexibility index (Phi) is 9.20. The first-order valence-corrected chi connectivity index (χ1v) is 11.5. The van der Waals surface area contributed by atoms with Crippen LogP contribution in [0.2, 0.25) is 0 Å². The van der Waals surface area contributed by atoms with Crippen molar-refractivity contribution in [3.05, 3.63) is 71.9 Å². The van der Waals surface area contributed by atoms with Gasteiger partial charge in [-0.2, -0.15) is 0 Å². The molecule has 2 heterocycles. The number of carbonyl (C=O) groups is 2. The molecule has 8 heteroatoms. The number of hydrogen-bond acceptors (Lipinski definition) is 6. The predicted octanol–water partition coefficient (Wildman–Crippen LogP) is 3.80. The lowest BCUT2D eigenvalue weighted by Crippen LogP contribution is -2.46. The Labute approximate surface area is 205 Å². The van der Waals surface area contributed by atoms with Gasteiger partial charge in [0.1, 0.15) is 11.6 Å². The summed E-state index contributed by atoms with van der Waals surface area (Å²) in [6, 6.07) is 18.9. The number of nitrogens with zero attached hydrogens (tertiary/aromatic N) is 3. The maximum Gasteiger partial charge on any atom is 0.414 e. The highest BCUT2D eigenvalue weighted by atomic mass is 16.5. The second-order valence-corrected chi connectivity index (χ2v) is 8.04. The smallest absolute Gasteiger partial charge is 0.414 e. The number of pyridine rings is 1. The fraction of sp³-hybridized carbons (Fsp3) is 0.296. The number of anilines is 1. The number of carboxylic acid groups (broad SMARTS) is 2. The van der Waals surface area contributed by atoms with E-state index < -0.39 is 11.9 Å². The van der Waals surface area contributed by atoms with Crippen molar-refractivity contribution in [1.82, 2.24) is 9.88 Å². The minimum absolute atomic E-state index is 0.796. The summed E-state index contributed by atoms with van der Waals surface area (Å²) in [4.78, 5) is 28.2. The molecular weight excluding hydrogens is 446 g/mol. The van der Waals surface area contributed by atoms with Crippen LogP contribution >= 0.6 is 0 Å². The summed E-state index contributed by atoms with van der Waals surface area (Å²) in [5, 5.41) is 17.3. The van der Waals surface area contributed by atoms with Gasteiger partial charge in [-0.05, 0) is 24.1 Å². The zero-order valence-electron chi connectivity index (χ0n) is 20.1. The van der Waals surface area contributed by atoms with Crippen molar-refractivity contribution in [3.63, 3.8) is 0 Å². The summed E-state index contributed by atoms with van der Waals surface area (Å²) in [5.41, 5.74) is 2.19. The third-order valence-corrected chi connectivity index (χ3v) is 5.84. The van der Waals surface area contributed by atoms with E-state index in [9.17, 15) is 0 Å². The number of aromatic nitrogens is 1. The number of rotatable bonds is 6. The van der Waals surface area contributed by atoms with E-state index in [0.717, 1.165) is 62.0 Å². The lowest BCUT2D eigenvalue weighted by Gasteiger charge is -2.35. The van der Waals surface area contributed by atoms with Gasteiger partial charge in [0, 0.05) is 49.2 Å². The number of carboxylic acids is 2. The number of hydrogen-bond donors (Lipinski definition) is 2. The molecule has 4 rings (SSSR count). The first-order valence-electron chi connectivity index (χ1n) is 11.5. The second-order valence-electron chi connectivity index (χ2n) is 8.04. The molecule has 1 aliphatic rings. The van der Waals surface area contributed by atoms with Gasteiger partial charge in [-0.1, -0.05) is 61.5 Å². The molecule has 1 aromatic heterocycles. The molecule has 0 amide bonds. The monoisotopic (exact) mass is 477 g/mol. The number of ether oxygens (including phenoxy) is 1. The average molecular weight is 478 g/mol. The van der Waals surface area contributed by atoms with E-state index in [2.05, 4.69) is 65.3 Å². The molecule has 1 saturated heterocycles. The van der Waals surface area contributed by atoms with Crippen LogP contribution in [0.1, 0.15) is 18.2 Å².